The van der Waals surface area contributed by atoms with Crippen LogP contribution in [0.25, 0.3) is 0 Å². The van der Waals surface area contributed by atoms with Crippen molar-refractivity contribution in [1.82, 2.24) is 9.78 Å². The van der Waals surface area contributed by atoms with Crippen LogP contribution in [0.3, 0.4) is 0 Å². The van der Waals surface area contributed by atoms with Gasteiger partial charge in [0.15, 0.2) is 0 Å². The van der Waals surface area contributed by atoms with Crippen molar-refractivity contribution in [2.75, 3.05) is 0 Å². The summed E-state index contributed by atoms with van der Waals surface area (Å²) in [6, 6.07) is 10.3. The lowest BCUT2D eigenvalue weighted by atomic mass is 10.2. The molecule has 65 valence electrons. The Labute approximate surface area is 77.8 Å². The van der Waals surface area contributed by atoms with Gasteiger partial charge in [0.2, 0.25) is 0 Å². The summed E-state index contributed by atoms with van der Waals surface area (Å²) in [6.07, 6.45) is 3.70. The molecule has 1 radical (unpaired) electrons. The standard InChI is InChI=1S/C11H11N2/c1-10-7-12-13(8-10)9-11-5-3-2-4-6-11/h2-8H,1,9H2. The van der Waals surface area contributed by atoms with Gasteiger partial charge in [0.25, 0.3) is 0 Å². The Bertz CT molecular complexity index is 376. The SMILES string of the molecule is [CH2]c1cnn(Cc2ccccc2)c1. The Morgan fingerprint density at radius 1 is 1.23 bits per heavy atom. The maximum Gasteiger partial charge on any atom is 0.0659 e. The van der Waals surface area contributed by atoms with Crippen molar-refractivity contribution < 1.29 is 0 Å². The molecular weight excluding hydrogens is 160 g/mol. The van der Waals surface area contributed by atoms with Crippen LogP contribution in [0.2, 0.25) is 0 Å². The van der Waals surface area contributed by atoms with Crippen LogP contribution in [-0.2, 0) is 6.54 Å². The lowest BCUT2D eigenvalue weighted by Gasteiger charge is -2.00. The predicted octanol–water partition coefficient (Wildman–Crippen LogP) is 2.11. The molecule has 1 aromatic carbocycles. The van der Waals surface area contributed by atoms with Crippen LogP contribution in [-0.4, -0.2) is 9.78 Å². The quantitative estimate of drug-likeness (QED) is 0.676. The van der Waals surface area contributed by atoms with E-state index in [0.717, 1.165) is 12.1 Å². The van der Waals surface area contributed by atoms with Crippen molar-refractivity contribution >= 4 is 0 Å². The molecule has 2 aromatic rings. The maximum absolute atomic E-state index is 4.17. The molecular formula is C11H11N2. The molecule has 0 bridgehead atoms. The van der Waals surface area contributed by atoms with E-state index in [0.29, 0.717) is 0 Å². The molecule has 0 saturated carbocycles. The molecule has 13 heavy (non-hydrogen) atoms. The summed E-state index contributed by atoms with van der Waals surface area (Å²) in [4.78, 5) is 0. The minimum atomic E-state index is 0.816. The first-order valence-corrected chi connectivity index (χ1v) is 4.23. The van der Waals surface area contributed by atoms with Crippen molar-refractivity contribution in [3.05, 3.63) is 60.8 Å². The molecule has 0 aliphatic rings. The molecule has 1 aromatic heterocycles. The van der Waals surface area contributed by atoms with Crippen LogP contribution >= 0.6 is 0 Å². The summed E-state index contributed by atoms with van der Waals surface area (Å²) in [5, 5.41) is 4.17. The molecule has 0 N–H and O–H groups in total. The van der Waals surface area contributed by atoms with Gasteiger partial charge in [0, 0.05) is 6.20 Å². The highest BCUT2D eigenvalue weighted by Gasteiger charge is 1.94. The fourth-order valence-electron chi connectivity index (χ4n) is 1.26. The average Bonchev–Trinajstić information content (AvgIpc) is 2.53. The Hall–Kier alpha value is -1.57. The molecule has 0 spiro atoms. The Kier molecular flexibility index (Phi) is 2.13. The predicted molar refractivity (Wildman–Crippen MR) is 52.2 cm³/mol. The first kappa shape index (κ1) is 8.05. The highest BCUT2D eigenvalue weighted by atomic mass is 15.3. The number of rotatable bonds is 2. The highest BCUT2D eigenvalue weighted by Crippen LogP contribution is 2.02. The van der Waals surface area contributed by atoms with Gasteiger partial charge < -0.3 is 0 Å². The van der Waals surface area contributed by atoms with E-state index in [1.807, 2.05) is 29.1 Å². The minimum Gasteiger partial charge on any atom is -0.268 e. The zero-order chi connectivity index (χ0) is 9.10. The van der Waals surface area contributed by atoms with Crippen molar-refractivity contribution in [1.29, 1.82) is 0 Å². The van der Waals surface area contributed by atoms with E-state index in [1.165, 1.54) is 5.56 Å². The lowest BCUT2D eigenvalue weighted by Crippen LogP contribution is -1.98. The van der Waals surface area contributed by atoms with Gasteiger partial charge in [0.1, 0.15) is 0 Å². The third-order valence-electron chi connectivity index (χ3n) is 1.87. The Morgan fingerprint density at radius 2 is 2.00 bits per heavy atom. The van der Waals surface area contributed by atoms with E-state index >= 15 is 0 Å². The zero-order valence-corrected chi connectivity index (χ0v) is 7.35. The molecule has 1 heterocycles. The van der Waals surface area contributed by atoms with Gasteiger partial charge in [-0.1, -0.05) is 30.3 Å². The first-order valence-electron chi connectivity index (χ1n) is 4.23. The van der Waals surface area contributed by atoms with Gasteiger partial charge in [-0.05, 0) is 18.1 Å². The molecule has 0 saturated heterocycles. The van der Waals surface area contributed by atoms with Crippen molar-refractivity contribution in [3.63, 3.8) is 0 Å². The minimum absolute atomic E-state index is 0.816. The van der Waals surface area contributed by atoms with Gasteiger partial charge in [-0.15, -0.1) is 0 Å². The van der Waals surface area contributed by atoms with Crippen LogP contribution in [0.1, 0.15) is 11.1 Å². The van der Waals surface area contributed by atoms with E-state index in [4.69, 9.17) is 0 Å². The third-order valence-corrected chi connectivity index (χ3v) is 1.87. The maximum atomic E-state index is 4.17. The molecule has 2 nitrogen and oxygen atoms in total. The van der Waals surface area contributed by atoms with E-state index in [1.54, 1.807) is 6.20 Å². The monoisotopic (exact) mass is 171 g/mol. The largest absolute Gasteiger partial charge is 0.268 e. The van der Waals surface area contributed by atoms with Gasteiger partial charge in [0.05, 0.1) is 12.7 Å². The molecule has 2 rings (SSSR count). The highest BCUT2D eigenvalue weighted by molar-refractivity contribution is 5.16. The molecule has 0 unspecified atom stereocenters. The molecule has 2 heteroatoms. The second kappa shape index (κ2) is 3.44. The number of benzene rings is 1. The number of aromatic nitrogens is 2. The fourth-order valence-corrected chi connectivity index (χ4v) is 1.26. The summed E-state index contributed by atoms with van der Waals surface area (Å²) in [5.41, 5.74) is 2.21. The first-order chi connectivity index (χ1) is 6.34. The van der Waals surface area contributed by atoms with Crippen molar-refractivity contribution in [3.8, 4) is 0 Å². The number of hydrogen-bond acceptors (Lipinski definition) is 1. The van der Waals surface area contributed by atoms with Gasteiger partial charge in [-0.2, -0.15) is 5.10 Å². The summed E-state index contributed by atoms with van der Waals surface area (Å²) >= 11 is 0. The summed E-state index contributed by atoms with van der Waals surface area (Å²) in [6.45, 7) is 4.62. The second-order valence-corrected chi connectivity index (χ2v) is 3.03. The van der Waals surface area contributed by atoms with E-state index in [9.17, 15) is 0 Å². The van der Waals surface area contributed by atoms with Crippen LogP contribution in [0.4, 0.5) is 0 Å². The Morgan fingerprint density at radius 3 is 2.62 bits per heavy atom. The van der Waals surface area contributed by atoms with Crippen LogP contribution in [0, 0.1) is 6.92 Å². The summed E-state index contributed by atoms with van der Waals surface area (Å²) in [5.74, 6) is 0. The molecule has 0 aliphatic heterocycles. The number of nitrogens with zero attached hydrogens (tertiary/aromatic N) is 2. The third kappa shape index (κ3) is 1.96. The smallest absolute Gasteiger partial charge is 0.0659 e. The van der Waals surface area contributed by atoms with Gasteiger partial charge in [-0.25, -0.2) is 0 Å². The Balaban J connectivity index is 2.15. The molecule has 0 fully saturated rings. The van der Waals surface area contributed by atoms with Gasteiger partial charge >= 0.3 is 0 Å². The van der Waals surface area contributed by atoms with Crippen LogP contribution < -0.4 is 0 Å². The van der Waals surface area contributed by atoms with E-state index in [-0.39, 0.29) is 0 Å². The van der Waals surface area contributed by atoms with E-state index < -0.39 is 0 Å². The van der Waals surface area contributed by atoms with Crippen LogP contribution in [0.5, 0.6) is 0 Å². The summed E-state index contributed by atoms with van der Waals surface area (Å²) in [7, 11) is 0. The van der Waals surface area contributed by atoms with Crippen molar-refractivity contribution in [2.45, 2.75) is 6.54 Å². The molecule has 0 aliphatic carbocycles. The molecule has 0 amide bonds. The normalized spacial score (nSPS) is 10.2. The van der Waals surface area contributed by atoms with Gasteiger partial charge in [-0.3, -0.25) is 4.68 Å². The number of hydrogen-bond donors (Lipinski definition) is 0. The average molecular weight is 171 g/mol. The lowest BCUT2D eigenvalue weighted by molar-refractivity contribution is 0.687. The fraction of sp³-hybridized carbons (Fsp3) is 0.0909. The second-order valence-electron chi connectivity index (χ2n) is 3.03. The topological polar surface area (TPSA) is 17.8 Å². The van der Waals surface area contributed by atoms with E-state index in [2.05, 4.69) is 24.2 Å². The zero-order valence-electron chi connectivity index (χ0n) is 7.35. The van der Waals surface area contributed by atoms with Crippen molar-refractivity contribution in [2.24, 2.45) is 0 Å². The molecule has 0 atom stereocenters. The van der Waals surface area contributed by atoms with Crippen LogP contribution in [0.15, 0.2) is 42.7 Å². The summed E-state index contributed by atoms with van der Waals surface area (Å²) < 4.78 is 1.89.